The van der Waals surface area contributed by atoms with E-state index in [1.807, 2.05) is 6.07 Å². The van der Waals surface area contributed by atoms with Crippen molar-refractivity contribution in [2.24, 2.45) is 0 Å². The summed E-state index contributed by atoms with van der Waals surface area (Å²) in [5.74, 6) is -0.560. The van der Waals surface area contributed by atoms with Gasteiger partial charge >= 0.3 is 6.07 Å². The third-order valence-electron chi connectivity index (χ3n) is 1.12. The predicted octanol–water partition coefficient (Wildman–Crippen LogP) is 2.55. The third kappa shape index (κ3) is 1.60. The van der Waals surface area contributed by atoms with Crippen LogP contribution in [0, 0.1) is 11.9 Å². The van der Waals surface area contributed by atoms with E-state index >= 15 is 0 Å². The van der Waals surface area contributed by atoms with Crippen molar-refractivity contribution in [2.75, 3.05) is 0 Å². The summed E-state index contributed by atoms with van der Waals surface area (Å²) in [5, 5.41) is 10.8. The monoisotopic (exact) mass is 172 g/mol. The molecule has 0 aliphatic rings. The molecule has 0 saturated heterocycles. The molecule has 0 aliphatic heterocycles. The van der Waals surface area contributed by atoms with Crippen molar-refractivity contribution >= 4 is 11.6 Å². The fraction of sp³-hybridized carbons (Fsp3) is 0. The first-order chi connectivity index (χ1) is 5.25. The summed E-state index contributed by atoms with van der Waals surface area (Å²) in [6.45, 7) is 0. The number of hydrogen-bond acceptors (Lipinski definition) is 1. The van der Waals surface area contributed by atoms with E-state index in [9.17, 15) is 4.39 Å². The molecule has 0 fully saturated rings. The summed E-state index contributed by atoms with van der Waals surface area (Å²) in [6, 6.07) is 6.17. The van der Waals surface area contributed by atoms with Gasteiger partial charge in [0.25, 0.3) is 0 Å². The average Bonchev–Trinajstić information content (AvgIpc) is 1.97. The van der Waals surface area contributed by atoms with Gasteiger partial charge in [0.2, 0.25) is 5.01 Å². The molecule has 2 nitrogen and oxygen atoms in total. The van der Waals surface area contributed by atoms with E-state index in [2.05, 4.69) is 5.01 Å². The molecule has 1 N–H and O–H groups in total. The van der Waals surface area contributed by atoms with Gasteiger partial charge in [0, 0.05) is 0 Å². The van der Waals surface area contributed by atoms with Crippen molar-refractivity contribution in [1.82, 2.24) is 0 Å². The van der Waals surface area contributed by atoms with Crippen LogP contribution in [-0.2, 0) is 0 Å². The van der Waals surface area contributed by atoms with Crippen LogP contribution >= 0.6 is 11.6 Å². The normalized spacial score (nSPS) is 8.55. The average molecular weight is 173 g/mol. The predicted molar refractivity (Wildman–Crippen MR) is 39.5 cm³/mol. The maximum Gasteiger partial charge on any atom is 0.392 e. The van der Waals surface area contributed by atoms with E-state index in [0.717, 1.165) is 0 Å². The number of benzene rings is 1. The molecule has 0 aliphatic carbocycles. The Hall–Kier alpha value is -1.27. The lowest BCUT2D eigenvalue weighted by molar-refractivity contribution is 0.464. The van der Waals surface area contributed by atoms with Gasteiger partial charge in [-0.15, -0.1) is 0 Å². The van der Waals surface area contributed by atoms with Crippen molar-refractivity contribution < 1.29 is 9.60 Å². The summed E-state index contributed by atoms with van der Waals surface area (Å²) >= 11 is 5.53. The largest absolute Gasteiger partial charge is 0.392 e. The highest BCUT2D eigenvalue weighted by Gasteiger charge is 2.09. The second-order valence-corrected chi connectivity index (χ2v) is 2.22. The lowest BCUT2D eigenvalue weighted by Crippen LogP contribution is -1.82. The van der Waals surface area contributed by atoms with Gasteiger partial charge in [0.05, 0.1) is 5.02 Å². The first-order valence-corrected chi connectivity index (χ1v) is 3.17. The maximum atomic E-state index is 12.7. The van der Waals surface area contributed by atoms with Gasteiger partial charge in [0.15, 0.2) is 5.56 Å². The minimum Gasteiger partial charge on any atom is -0.205 e. The molecule has 0 saturated carbocycles. The SMILES string of the molecule is O[N+]#Cc1c(F)cccc1Cl. The van der Waals surface area contributed by atoms with Crippen LogP contribution in [0.1, 0.15) is 5.56 Å². The fourth-order valence-electron chi connectivity index (χ4n) is 0.655. The molecule has 0 bridgehead atoms. The molecule has 0 amide bonds. The minimum absolute atomic E-state index is 0.0309. The Morgan fingerprint density at radius 1 is 1.55 bits per heavy atom. The van der Waals surface area contributed by atoms with E-state index < -0.39 is 5.82 Å². The summed E-state index contributed by atoms with van der Waals surface area (Å²) < 4.78 is 12.7. The van der Waals surface area contributed by atoms with Gasteiger partial charge in [-0.3, -0.25) is 0 Å². The van der Waals surface area contributed by atoms with E-state index in [4.69, 9.17) is 16.8 Å². The van der Waals surface area contributed by atoms with Crippen LogP contribution in [0.5, 0.6) is 0 Å². The van der Waals surface area contributed by atoms with Crippen molar-refractivity contribution in [3.05, 3.63) is 39.6 Å². The highest BCUT2D eigenvalue weighted by Crippen LogP contribution is 2.17. The number of hydrogen-bond donors (Lipinski definition) is 1. The van der Waals surface area contributed by atoms with E-state index in [1.165, 1.54) is 18.2 Å². The summed E-state index contributed by atoms with van der Waals surface area (Å²) in [6.07, 6.45) is 0. The smallest absolute Gasteiger partial charge is 0.205 e. The maximum absolute atomic E-state index is 12.7. The van der Waals surface area contributed by atoms with Crippen molar-refractivity contribution in [2.45, 2.75) is 0 Å². The topological polar surface area (TPSA) is 24.6 Å². The van der Waals surface area contributed by atoms with Crippen LogP contribution in [0.3, 0.4) is 0 Å². The van der Waals surface area contributed by atoms with Gasteiger partial charge in [-0.2, -0.15) is 5.21 Å². The Kier molecular flexibility index (Phi) is 2.29. The van der Waals surface area contributed by atoms with Gasteiger partial charge in [-0.1, -0.05) is 17.7 Å². The second kappa shape index (κ2) is 3.22. The highest BCUT2D eigenvalue weighted by atomic mass is 35.5. The van der Waals surface area contributed by atoms with Crippen molar-refractivity contribution in [3.8, 4) is 6.07 Å². The lowest BCUT2D eigenvalue weighted by Gasteiger charge is -1.90. The molecule has 1 aromatic rings. The first kappa shape index (κ1) is 7.83. The summed E-state index contributed by atoms with van der Waals surface area (Å²) in [5.41, 5.74) is -0.0309. The third-order valence-corrected chi connectivity index (χ3v) is 1.44. The molecule has 0 radical (unpaired) electrons. The van der Waals surface area contributed by atoms with Crippen LogP contribution in [0.15, 0.2) is 18.2 Å². The quantitative estimate of drug-likeness (QED) is 0.598. The molecule has 56 valence electrons. The zero-order chi connectivity index (χ0) is 8.27. The summed E-state index contributed by atoms with van der Waals surface area (Å²) in [4.78, 5) is 0. The fourth-order valence-corrected chi connectivity index (χ4v) is 0.860. The minimum atomic E-state index is -0.560. The number of halogens is 2. The Bertz CT molecular complexity index is 309. The van der Waals surface area contributed by atoms with E-state index in [-0.39, 0.29) is 10.6 Å². The highest BCUT2D eigenvalue weighted by molar-refractivity contribution is 6.31. The molecule has 0 unspecified atom stereocenters. The van der Waals surface area contributed by atoms with E-state index in [0.29, 0.717) is 0 Å². The van der Waals surface area contributed by atoms with Crippen LogP contribution < -0.4 is 0 Å². The van der Waals surface area contributed by atoms with Crippen molar-refractivity contribution in [3.63, 3.8) is 0 Å². The Labute approximate surface area is 67.6 Å². The zero-order valence-electron chi connectivity index (χ0n) is 5.38. The number of rotatable bonds is 0. The zero-order valence-corrected chi connectivity index (χ0v) is 6.14. The molecule has 11 heavy (non-hydrogen) atoms. The standard InChI is InChI=1S/C7H3ClFNO/c8-6-2-1-3-7(9)5(6)4-10-11/h1-3H/p+1. The van der Waals surface area contributed by atoms with Gasteiger partial charge in [-0.05, 0) is 12.1 Å². The Balaban J connectivity index is 3.28. The Morgan fingerprint density at radius 2 is 2.27 bits per heavy atom. The molecule has 1 aromatic carbocycles. The van der Waals surface area contributed by atoms with Gasteiger partial charge in [0.1, 0.15) is 5.82 Å². The van der Waals surface area contributed by atoms with Crippen LogP contribution in [-0.4, -0.2) is 5.21 Å². The van der Waals surface area contributed by atoms with E-state index in [1.54, 1.807) is 0 Å². The molecular formula is C7H4ClFNO+. The first-order valence-electron chi connectivity index (χ1n) is 2.80. The molecule has 0 atom stereocenters. The number of nitrogens with zero attached hydrogens (tertiary/aromatic N) is 1. The van der Waals surface area contributed by atoms with Crippen LogP contribution in [0.25, 0.3) is 5.01 Å². The molecule has 0 spiro atoms. The second-order valence-electron chi connectivity index (χ2n) is 1.81. The van der Waals surface area contributed by atoms with Gasteiger partial charge < -0.3 is 0 Å². The molecule has 0 heterocycles. The molecule has 4 heteroatoms. The molecule has 0 aromatic heterocycles. The van der Waals surface area contributed by atoms with Crippen LogP contribution in [0.4, 0.5) is 4.39 Å². The molecular weight excluding hydrogens is 169 g/mol. The Morgan fingerprint density at radius 3 is 2.82 bits per heavy atom. The summed E-state index contributed by atoms with van der Waals surface area (Å²) in [7, 11) is 0. The van der Waals surface area contributed by atoms with Crippen LogP contribution in [0.2, 0.25) is 5.02 Å². The van der Waals surface area contributed by atoms with Gasteiger partial charge in [-0.25, -0.2) is 4.39 Å². The lowest BCUT2D eigenvalue weighted by atomic mass is 10.2. The molecule has 1 rings (SSSR count). The van der Waals surface area contributed by atoms with Crippen molar-refractivity contribution in [1.29, 1.82) is 0 Å².